The van der Waals surface area contributed by atoms with Gasteiger partial charge in [0, 0.05) is 41.7 Å². The lowest BCUT2D eigenvalue weighted by atomic mass is 10.1. The fourth-order valence-corrected chi connectivity index (χ4v) is 3.51. The predicted molar refractivity (Wildman–Crippen MR) is 117 cm³/mol. The third-order valence-electron chi connectivity index (χ3n) is 5.12. The fraction of sp³-hybridized carbons (Fsp3) is 0.125. The first-order valence-corrected chi connectivity index (χ1v) is 9.75. The molecule has 0 bridgehead atoms. The van der Waals surface area contributed by atoms with Gasteiger partial charge in [-0.2, -0.15) is 0 Å². The first-order valence-electron chi connectivity index (χ1n) is 9.75. The van der Waals surface area contributed by atoms with Gasteiger partial charge in [-0.05, 0) is 29.3 Å². The number of pyridine rings is 1. The highest BCUT2D eigenvalue weighted by molar-refractivity contribution is 5.99. The number of para-hydroxylation sites is 1. The summed E-state index contributed by atoms with van der Waals surface area (Å²) in [5, 5.41) is 11.7. The van der Waals surface area contributed by atoms with Crippen molar-refractivity contribution in [2.24, 2.45) is 12.8 Å². The zero-order valence-electron chi connectivity index (χ0n) is 16.8. The van der Waals surface area contributed by atoms with E-state index in [2.05, 4.69) is 5.32 Å². The van der Waals surface area contributed by atoms with Crippen LogP contribution in [0, 0.1) is 5.41 Å². The summed E-state index contributed by atoms with van der Waals surface area (Å²) in [6.07, 6.45) is 3.92. The Kier molecular flexibility index (Phi) is 5.30. The zero-order chi connectivity index (χ0) is 21.1. The van der Waals surface area contributed by atoms with Crippen LogP contribution in [0.3, 0.4) is 0 Å². The zero-order valence-corrected chi connectivity index (χ0v) is 16.8. The van der Waals surface area contributed by atoms with Crippen molar-refractivity contribution >= 4 is 22.6 Å². The first-order chi connectivity index (χ1) is 14.5. The van der Waals surface area contributed by atoms with Crippen LogP contribution in [0.15, 0.2) is 79.1 Å². The number of carbonyl (C=O) groups excluding carboxylic acids is 1. The number of nitrogens with zero attached hydrogens (tertiary/aromatic N) is 2. The number of rotatable bonds is 6. The topological polar surface area (TPSA) is 87.8 Å². The van der Waals surface area contributed by atoms with Crippen LogP contribution in [-0.4, -0.2) is 16.3 Å². The number of amidine groups is 1. The number of amides is 1. The Balaban J connectivity index is 1.64. The van der Waals surface area contributed by atoms with Gasteiger partial charge >= 0.3 is 0 Å². The van der Waals surface area contributed by atoms with Gasteiger partial charge in [-0.25, -0.2) is 4.57 Å². The van der Waals surface area contributed by atoms with Crippen molar-refractivity contribution in [3.8, 4) is 0 Å². The standard InChI is InChI=1S/C24H23N5O/c1-28-11-9-17(10-12-28)15-27-24(30)22-14-19-6-2-3-8-21(19)29(22)16-18-5-4-7-20(13-18)23(25)26/h2-14H,15-16H2,1H3,(H3-,25,26,27,30)/p+1. The Hall–Kier alpha value is -3.93. The summed E-state index contributed by atoms with van der Waals surface area (Å²) in [5.41, 5.74) is 9.92. The minimum atomic E-state index is -0.123. The van der Waals surface area contributed by atoms with E-state index in [0.717, 1.165) is 22.0 Å². The van der Waals surface area contributed by atoms with E-state index in [1.165, 1.54) is 0 Å². The maximum atomic E-state index is 13.0. The van der Waals surface area contributed by atoms with Crippen molar-refractivity contribution in [1.29, 1.82) is 5.41 Å². The molecule has 0 unspecified atom stereocenters. The van der Waals surface area contributed by atoms with E-state index in [1.807, 2.05) is 95.3 Å². The molecule has 0 saturated carbocycles. The molecule has 150 valence electrons. The molecule has 0 aliphatic rings. The number of fused-ring (bicyclic) bond motifs is 1. The van der Waals surface area contributed by atoms with Gasteiger partial charge in [0.2, 0.25) is 0 Å². The molecule has 0 spiro atoms. The molecular formula is C24H24N5O+. The Labute approximate surface area is 175 Å². The number of aromatic nitrogens is 2. The van der Waals surface area contributed by atoms with Crippen molar-refractivity contribution in [3.05, 3.63) is 102 Å². The van der Waals surface area contributed by atoms with Gasteiger partial charge in [0.25, 0.3) is 5.91 Å². The van der Waals surface area contributed by atoms with Gasteiger partial charge in [0.15, 0.2) is 12.4 Å². The molecule has 30 heavy (non-hydrogen) atoms. The van der Waals surface area contributed by atoms with E-state index in [-0.39, 0.29) is 11.7 Å². The van der Waals surface area contributed by atoms with Crippen LogP contribution in [0.2, 0.25) is 0 Å². The predicted octanol–water partition coefficient (Wildman–Crippen LogP) is 2.73. The van der Waals surface area contributed by atoms with E-state index < -0.39 is 0 Å². The molecule has 0 fully saturated rings. The largest absolute Gasteiger partial charge is 0.384 e. The summed E-state index contributed by atoms with van der Waals surface area (Å²) in [7, 11) is 1.96. The molecular weight excluding hydrogens is 374 g/mol. The lowest BCUT2D eigenvalue weighted by Gasteiger charge is -2.12. The SMILES string of the molecule is C[n+]1ccc(CNC(=O)c2cc3ccccc3n2Cc2cccc(C(=N)N)c2)cc1. The third-order valence-corrected chi connectivity index (χ3v) is 5.12. The van der Waals surface area contributed by atoms with Gasteiger partial charge in [-0.3, -0.25) is 10.2 Å². The molecule has 1 amide bonds. The first kappa shape index (κ1) is 19.4. The monoisotopic (exact) mass is 398 g/mol. The highest BCUT2D eigenvalue weighted by Gasteiger charge is 2.16. The molecule has 2 aromatic carbocycles. The lowest BCUT2D eigenvalue weighted by Crippen LogP contribution is -2.28. The number of nitrogens with one attached hydrogen (secondary N) is 2. The van der Waals surface area contributed by atoms with Crippen molar-refractivity contribution < 1.29 is 9.36 Å². The van der Waals surface area contributed by atoms with Crippen molar-refractivity contribution in [2.45, 2.75) is 13.1 Å². The number of carbonyl (C=O) groups is 1. The molecule has 0 radical (unpaired) electrons. The van der Waals surface area contributed by atoms with Gasteiger partial charge in [-0.15, -0.1) is 0 Å². The molecule has 2 heterocycles. The number of aryl methyl sites for hydroxylation is 1. The molecule has 0 saturated heterocycles. The van der Waals surface area contributed by atoms with Crippen molar-refractivity contribution in [2.75, 3.05) is 0 Å². The maximum Gasteiger partial charge on any atom is 0.268 e. The van der Waals surface area contributed by atoms with Crippen molar-refractivity contribution in [3.63, 3.8) is 0 Å². The van der Waals surface area contributed by atoms with E-state index in [4.69, 9.17) is 11.1 Å². The number of hydrogen-bond acceptors (Lipinski definition) is 2. The minimum absolute atomic E-state index is 0.0310. The van der Waals surface area contributed by atoms with Crippen LogP contribution in [0.4, 0.5) is 0 Å². The van der Waals surface area contributed by atoms with Crippen LogP contribution in [0.5, 0.6) is 0 Å². The van der Waals surface area contributed by atoms with E-state index >= 15 is 0 Å². The second kappa shape index (κ2) is 8.21. The molecule has 4 aromatic rings. The normalized spacial score (nSPS) is 10.8. The molecule has 6 nitrogen and oxygen atoms in total. The molecule has 0 aliphatic heterocycles. The number of nitrogen functional groups attached to an aromatic ring is 1. The van der Waals surface area contributed by atoms with E-state index in [1.54, 1.807) is 0 Å². The van der Waals surface area contributed by atoms with E-state index in [0.29, 0.717) is 24.3 Å². The molecule has 0 atom stereocenters. The summed E-state index contributed by atoms with van der Waals surface area (Å²) >= 11 is 0. The van der Waals surface area contributed by atoms with Gasteiger partial charge in [0.05, 0.1) is 0 Å². The Morgan fingerprint density at radius 1 is 1.03 bits per heavy atom. The summed E-state index contributed by atoms with van der Waals surface area (Å²) in [4.78, 5) is 13.0. The van der Waals surface area contributed by atoms with Crippen LogP contribution in [0.25, 0.3) is 10.9 Å². The van der Waals surface area contributed by atoms with Crippen LogP contribution >= 0.6 is 0 Å². The minimum Gasteiger partial charge on any atom is -0.384 e. The molecule has 4 N–H and O–H groups in total. The Morgan fingerprint density at radius 3 is 2.57 bits per heavy atom. The Bertz CT molecular complexity index is 1220. The quantitative estimate of drug-likeness (QED) is 0.265. The smallest absolute Gasteiger partial charge is 0.268 e. The van der Waals surface area contributed by atoms with Gasteiger partial charge < -0.3 is 15.6 Å². The second-order valence-corrected chi connectivity index (χ2v) is 7.34. The molecule has 0 aliphatic carbocycles. The Morgan fingerprint density at radius 2 is 1.80 bits per heavy atom. The van der Waals surface area contributed by atoms with Gasteiger partial charge in [-0.1, -0.05) is 36.4 Å². The van der Waals surface area contributed by atoms with E-state index in [9.17, 15) is 4.79 Å². The number of nitrogens with two attached hydrogens (primary N) is 1. The number of hydrogen-bond donors (Lipinski definition) is 3. The molecule has 4 rings (SSSR count). The maximum absolute atomic E-state index is 13.0. The third kappa shape index (κ3) is 4.07. The van der Waals surface area contributed by atoms with Crippen molar-refractivity contribution in [1.82, 2.24) is 9.88 Å². The summed E-state index contributed by atoms with van der Waals surface area (Å²) in [6, 6.07) is 21.4. The summed E-state index contributed by atoms with van der Waals surface area (Å²) in [6.45, 7) is 0.972. The van der Waals surface area contributed by atoms with Gasteiger partial charge in [0.1, 0.15) is 18.6 Å². The molecule has 2 aromatic heterocycles. The second-order valence-electron chi connectivity index (χ2n) is 7.34. The fourth-order valence-electron chi connectivity index (χ4n) is 3.51. The number of benzene rings is 2. The molecule has 6 heteroatoms. The van der Waals surface area contributed by atoms with Crippen LogP contribution < -0.4 is 15.6 Å². The summed E-state index contributed by atoms with van der Waals surface area (Å²) < 4.78 is 3.97. The average Bonchev–Trinajstić information content (AvgIpc) is 3.12. The average molecular weight is 398 g/mol. The highest BCUT2D eigenvalue weighted by atomic mass is 16.1. The lowest BCUT2D eigenvalue weighted by molar-refractivity contribution is -0.671. The highest BCUT2D eigenvalue weighted by Crippen LogP contribution is 2.22. The summed E-state index contributed by atoms with van der Waals surface area (Å²) in [5.74, 6) is -0.0920. The van der Waals surface area contributed by atoms with Crippen LogP contribution in [-0.2, 0) is 20.1 Å². The van der Waals surface area contributed by atoms with Crippen LogP contribution in [0.1, 0.15) is 27.2 Å².